The van der Waals surface area contributed by atoms with E-state index < -0.39 is 0 Å². The molecule has 1 atom stereocenters. The lowest BCUT2D eigenvalue weighted by Gasteiger charge is -2.48. The molecule has 2 heterocycles. The summed E-state index contributed by atoms with van der Waals surface area (Å²) in [6, 6.07) is 0. The molecule has 25 heavy (non-hydrogen) atoms. The molecule has 3 rings (SSSR count). The first-order valence-electron chi connectivity index (χ1n) is 9.74. The van der Waals surface area contributed by atoms with Gasteiger partial charge in [-0.15, -0.1) is 0 Å². The maximum atomic E-state index is 12.7. The number of rotatable bonds is 7. The average Bonchev–Trinajstić information content (AvgIpc) is 3.41. The van der Waals surface area contributed by atoms with Crippen molar-refractivity contribution < 1.29 is 14.3 Å². The summed E-state index contributed by atoms with van der Waals surface area (Å²) in [5.74, 6) is 1.26. The van der Waals surface area contributed by atoms with E-state index in [0.717, 1.165) is 57.9 Å². The molecule has 6 heteroatoms. The van der Waals surface area contributed by atoms with Crippen LogP contribution in [0.1, 0.15) is 38.5 Å². The van der Waals surface area contributed by atoms with Gasteiger partial charge in [0.1, 0.15) is 0 Å². The highest BCUT2D eigenvalue weighted by molar-refractivity contribution is 5.79. The van der Waals surface area contributed by atoms with E-state index in [1.54, 1.807) is 7.11 Å². The summed E-state index contributed by atoms with van der Waals surface area (Å²) in [5, 5.41) is 0. The number of amides is 2. The van der Waals surface area contributed by atoms with E-state index in [1.165, 1.54) is 12.8 Å². The minimum atomic E-state index is 0.127. The second-order valence-electron chi connectivity index (χ2n) is 8.37. The second kappa shape index (κ2) is 8.04. The lowest BCUT2D eigenvalue weighted by molar-refractivity contribution is -0.143. The maximum Gasteiger partial charge on any atom is 0.236 e. The lowest BCUT2D eigenvalue weighted by atomic mass is 9.73. The zero-order valence-electron chi connectivity index (χ0n) is 15.8. The molecule has 6 nitrogen and oxygen atoms in total. The standard InChI is InChI=1S/C19H33N3O3/c1-20(10-11-25-2)13-18(24)21-9-3-7-19(14-21)8-6-17(23)22(15-19)12-16-4-5-16/h16H,3-15H2,1-2H3/t19-/m0/s1. The largest absolute Gasteiger partial charge is 0.383 e. The van der Waals surface area contributed by atoms with Crippen molar-refractivity contribution in [3.05, 3.63) is 0 Å². The minimum Gasteiger partial charge on any atom is -0.383 e. The highest BCUT2D eigenvalue weighted by Crippen LogP contribution is 2.40. The van der Waals surface area contributed by atoms with Gasteiger partial charge >= 0.3 is 0 Å². The molecule has 2 amide bonds. The van der Waals surface area contributed by atoms with Crippen molar-refractivity contribution in [3.63, 3.8) is 0 Å². The van der Waals surface area contributed by atoms with Crippen molar-refractivity contribution in [2.24, 2.45) is 11.3 Å². The van der Waals surface area contributed by atoms with E-state index >= 15 is 0 Å². The lowest BCUT2D eigenvalue weighted by Crippen LogP contribution is -2.56. The van der Waals surface area contributed by atoms with E-state index in [1.807, 2.05) is 16.8 Å². The van der Waals surface area contributed by atoms with Gasteiger partial charge in [0.25, 0.3) is 0 Å². The van der Waals surface area contributed by atoms with Gasteiger partial charge in [-0.25, -0.2) is 0 Å². The first kappa shape index (κ1) is 18.6. The van der Waals surface area contributed by atoms with Gasteiger partial charge in [-0.1, -0.05) is 0 Å². The smallest absolute Gasteiger partial charge is 0.236 e. The molecule has 1 spiro atoms. The third kappa shape index (κ3) is 4.94. The number of likely N-dealkylation sites (tertiary alicyclic amines) is 2. The Morgan fingerprint density at radius 3 is 2.84 bits per heavy atom. The summed E-state index contributed by atoms with van der Waals surface area (Å²) >= 11 is 0. The molecule has 2 saturated heterocycles. The van der Waals surface area contributed by atoms with Gasteiger partial charge in [0, 0.05) is 51.7 Å². The van der Waals surface area contributed by atoms with Gasteiger partial charge in [0.15, 0.2) is 0 Å². The van der Waals surface area contributed by atoms with Gasteiger partial charge in [0.05, 0.1) is 13.2 Å². The van der Waals surface area contributed by atoms with Crippen LogP contribution in [0.25, 0.3) is 0 Å². The predicted octanol–water partition coefficient (Wildman–Crippen LogP) is 1.21. The number of piperidine rings is 2. The Bertz CT molecular complexity index is 494. The molecule has 3 aliphatic rings. The molecule has 0 radical (unpaired) electrons. The SMILES string of the molecule is COCCN(C)CC(=O)N1CCC[C@]2(CCC(=O)N(CC3CC3)C2)C1. The quantitative estimate of drug-likeness (QED) is 0.692. The van der Waals surface area contributed by atoms with Gasteiger partial charge in [-0.2, -0.15) is 0 Å². The van der Waals surface area contributed by atoms with Crippen LogP contribution in [-0.4, -0.2) is 86.5 Å². The molecule has 2 aliphatic heterocycles. The van der Waals surface area contributed by atoms with Crippen LogP contribution in [0.3, 0.4) is 0 Å². The van der Waals surface area contributed by atoms with Crippen LogP contribution in [0.15, 0.2) is 0 Å². The van der Waals surface area contributed by atoms with Crippen molar-refractivity contribution in [2.75, 3.05) is 60.0 Å². The number of carbonyl (C=O) groups excluding carboxylic acids is 2. The molecule has 3 fully saturated rings. The monoisotopic (exact) mass is 351 g/mol. The zero-order valence-corrected chi connectivity index (χ0v) is 15.8. The Balaban J connectivity index is 1.55. The van der Waals surface area contributed by atoms with Crippen molar-refractivity contribution in [1.82, 2.24) is 14.7 Å². The molecule has 1 aliphatic carbocycles. The zero-order chi connectivity index (χ0) is 17.9. The average molecular weight is 351 g/mol. The highest BCUT2D eigenvalue weighted by atomic mass is 16.5. The Morgan fingerprint density at radius 1 is 1.32 bits per heavy atom. The number of likely N-dealkylation sites (N-methyl/N-ethyl adjacent to an activating group) is 1. The van der Waals surface area contributed by atoms with Crippen molar-refractivity contribution in [2.45, 2.75) is 38.5 Å². The molecule has 0 aromatic rings. The molecule has 0 aromatic carbocycles. The van der Waals surface area contributed by atoms with E-state index in [9.17, 15) is 9.59 Å². The minimum absolute atomic E-state index is 0.127. The van der Waals surface area contributed by atoms with Crippen molar-refractivity contribution in [1.29, 1.82) is 0 Å². The fourth-order valence-electron chi connectivity index (χ4n) is 4.29. The normalized spacial score (nSPS) is 27.4. The van der Waals surface area contributed by atoms with Gasteiger partial charge in [0.2, 0.25) is 11.8 Å². The number of hydrogen-bond donors (Lipinski definition) is 0. The van der Waals surface area contributed by atoms with Crippen LogP contribution in [0.5, 0.6) is 0 Å². The molecule has 0 bridgehead atoms. The summed E-state index contributed by atoms with van der Waals surface area (Å²) < 4.78 is 5.08. The van der Waals surface area contributed by atoms with Crippen LogP contribution in [0.4, 0.5) is 0 Å². The summed E-state index contributed by atoms with van der Waals surface area (Å²) in [7, 11) is 3.65. The van der Waals surface area contributed by atoms with Crippen LogP contribution >= 0.6 is 0 Å². The number of carbonyl (C=O) groups is 2. The number of ether oxygens (including phenoxy) is 1. The fourth-order valence-corrected chi connectivity index (χ4v) is 4.29. The summed E-state index contributed by atoms with van der Waals surface area (Å²) in [6.07, 6.45) is 6.34. The van der Waals surface area contributed by atoms with Crippen molar-refractivity contribution >= 4 is 11.8 Å². The Kier molecular flexibility index (Phi) is 6.00. The van der Waals surface area contributed by atoms with E-state index in [4.69, 9.17) is 4.74 Å². The molecular weight excluding hydrogens is 318 g/mol. The molecule has 0 unspecified atom stereocenters. The topological polar surface area (TPSA) is 53.1 Å². The number of methoxy groups -OCH3 is 1. The third-order valence-electron chi connectivity index (χ3n) is 6.02. The maximum absolute atomic E-state index is 12.7. The first-order valence-corrected chi connectivity index (χ1v) is 9.74. The van der Waals surface area contributed by atoms with E-state index in [2.05, 4.69) is 4.90 Å². The molecule has 1 saturated carbocycles. The third-order valence-corrected chi connectivity index (χ3v) is 6.02. The van der Waals surface area contributed by atoms with Gasteiger partial charge in [-0.05, 0) is 45.1 Å². The summed E-state index contributed by atoms with van der Waals surface area (Å²) in [4.78, 5) is 31.1. The van der Waals surface area contributed by atoms with E-state index in [0.29, 0.717) is 25.5 Å². The molecule has 142 valence electrons. The van der Waals surface area contributed by atoms with Crippen LogP contribution in [0.2, 0.25) is 0 Å². The number of hydrogen-bond acceptors (Lipinski definition) is 4. The van der Waals surface area contributed by atoms with Crippen LogP contribution < -0.4 is 0 Å². The van der Waals surface area contributed by atoms with Gasteiger partial charge < -0.3 is 14.5 Å². The summed E-state index contributed by atoms with van der Waals surface area (Å²) in [6.45, 7) is 5.33. The fraction of sp³-hybridized carbons (Fsp3) is 0.895. The summed E-state index contributed by atoms with van der Waals surface area (Å²) in [5.41, 5.74) is 0.127. The highest BCUT2D eigenvalue weighted by Gasteiger charge is 2.43. The predicted molar refractivity (Wildman–Crippen MR) is 96.2 cm³/mol. The van der Waals surface area contributed by atoms with Gasteiger partial charge in [-0.3, -0.25) is 14.5 Å². The molecular formula is C19H33N3O3. The second-order valence-corrected chi connectivity index (χ2v) is 8.37. The Morgan fingerprint density at radius 2 is 2.12 bits per heavy atom. The molecule has 0 aromatic heterocycles. The Hall–Kier alpha value is -1.14. The first-order chi connectivity index (χ1) is 12.0. The molecule has 0 N–H and O–H groups in total. The Labute approximate surface area is 151 Å². The van der Waals surface area contributed by atoms with Crippen molar-refractivity contribution in [3.8, 4) is 0 Å². The van der Waals surface area contributed by atoms with Crippen LogP contribution in [0, 0.1) is 11.3 Å². The number of nitrogens with zero attached hydrogens (tertiary/aromatic N) is 3. The van der Waals surface area contributed by atoms with E-state index in [-0.39, 0.29) is 11.3 Å². The van der Waals surface area contributed by atoms with Crippen LogP contribution in [-0.2, 0) is 14.3 Å².